The fourth-order valence-corrected chi connectivity index (χ4v) is 3.03. The van der Waals surface area contributed by atoms with Crippen molar-refractivity contribution in [2.24, 2.45) is 4.99 Å². The van der Waals surface area contributed by atoms with Gasteiger partial charge in [-0.2, -0.15) is 11.3 Å². The summed E-state index contributed by atoms with van der Waals surface area (Å²) in [6, 6.07) is 1.90. The molecular formula is C19H34N4O3S. The monoisotopic (exact) mass is 398 g/mol. The Morgan fingerprint density at radius 3 is 2.52 bits per heavy atom. The molecule has 27 heavy (non-hydrogen) atoms. The van der Waals surface area contributed by atoms with Crippen LogP contribution >= 0.6 is 11.3 Å². The lowest BCUT2D eigenvalue weighted by Crippen LogP contribution is -2.44. The lowest BCUT2D eigenvalue weighted by molar-refractivity contribution is 0.0264. The van der Waals surface area contributed by atoms with Crippen molar-refractivity contribution in [1.29, 1.82) is 0 Å². The number of nitrogens with one attached hydrogen (secondary N) is 2. The highest BCUT2D eigenvalue weighted by atomic mass is 32.1. The van der Waals surface area contributed by atoms with Gasteiger partial charge in [-0.05, 0) is 63.9 Å². The van der Waals surface area contributed by atoms with Crippen molar-refractivity contribution in [2.75, 3.05) is 32.7 Å². The van der Waals surface area contributed by atoms with Gasteiger partial charge in [0.15, 0.2) is 5.96 Å². The highest BCUT2D eigenvalue weighted by molar-refractivity contribution is 7.08. The Kier molecular flexibility index (Phi) is 9.05. The van der Waals surface area contributed by atoms with Crippen LogP contribution in [0.1, 0.15) is 47.1 Å². The predicted octanol–water partition coefficient (Wildman–Crippen LogP) is 2.77. The van der Waals surface area contributed by atoms with E-state index in [2.05, 4.69) is 15.6 Å². The second kappa shape index (κ2) is 10.5. The average Bonchev–Trinajstić information content (AvgIpc) is 3.10. The molecule has 1 unspecified atom stereocenters. The van der Waals surface area contributed by atoms with Gasteiger partial charge in [-0.1, -0.05) is 0 Å². The number of aliphatic hydroxyl groups is 1. The van der Waals surface area contributed by atoms with E-state index in [0.29, 0.717) is 32.1 Å². The summed E-state index contributed by atoms with van der Waals surface area (Å²) >= 11 is 1.55. The van der Waals surface area contributed by atoms with Crippen LogP contribution in [0.2, 0.25) is 0 Å². The minimum Gasteiger partial charge on any atom is -0.444 e. The highest BCUT2D eigenvalue weighted by Gasteiger charge is 2.23. The third-order valence-electron chi connectivity index (χ3n) is 3.74. The summed E-state index contributed by atoms with van der Waals surface area (Å²) in [5.41, 5.74) is -0.676. The van der Waals surface area contributed by atoms with Crippen LogP contribution in [-0.4, -0.2) is 60.4 Å². The second-order valence-electron chi connectivity index (χ2n) is 7.47. The lowest BCUT2D eigenvalue weighted by Gasteiger charge is -2.27. The molecule has 0 saturated heterocycles. The predicted molar refractivity (Wildman–Crippen MR) is 111 cm³/mol. The van der Waals surface area contributed by atoms with Crippen molar-refractivity contribution >= 4 is 23.4 Å². The number of thiophene rings is 1. The van der Waals surface area contributed by atoms with E-state index in [0.717, 1.165) is 5.56 Å². The van der Waals surface area contributed by atoms with Crippen LogP contribution in [0.25, 0.3) is 0 Å². The maximum Gasteiger partial charge on any atom is 0.410 e. The molecular weight excluding hydrogens is 364 g/mol. The Bertz CT molecular complexity index is 595. The minimum atomic E-state index is -1.02. The fourth-order valence-electron chi connectivity index (χ4n) is 2.25. The van der Waals surface area contributed by atoms with Crippen LogP contribution in [0.4, 0.5) is 4.79 Å². The van der Waals surface area contributed by atoms with Gasteiger partial charge < -0.3 is 25.4 Å². The molecule has 1 rings (SSSR count). The molecule has 1 heterocycles. The number of amides is 1. The van der Waals surface area contributed by atoms with Crippen LogP contribution in [0.3, 0.4) is 0 Å². The zero-order chi connectivity index (χ0) is 20.5. The molecule has 0 saturated carbocycles. The van der Waals surface area contributed by atoms with Crippen LogP contribution < -0.4 is 10.6 Å². The molecule has 7 nitrogen and oxygen atoms in total. The molecule has 154 valence electrons. The second-order valence-corrected chi connectivity index (χ2v) is 8.25. The normalized spacial score (nSPS) is 14.4. The van der Waals surface area contributed by atoms with Gasteiger partial charge >= 0.3 is 6.09 Å². The lowest BCUT2D eigenvalue weighted by atomic mass is 10.00. The molecule has 8 heteroatoms. The van der Waals surface area contributed by atoms with Gasteiger partial charge in [0.05, 0.1) is 6.54 Å². The molecule has 0 spiro atoms. The number of nitrogens with zero attached hydrogens (tertiary/aromatic N) is 2. The van der Waals surface area contributed by atoms with Gasteiger partial charge in [0, 0.05) is 26.2 Å². The Balaban J connectivity index is 2.60. The molecule has 0 bridgehead atoms. The topological polar surface area (TPSA) is 86.2 Å². The molecule has 0 aliphatic rings. The van der Waals surface area contributed by atoms with E-state index in [4.69, 9.17) is 4.74 Å². The SMILES string of the molecule is CCNC(=NCC(C)(O)c1ccsc1)NCCN(CC)C(=O)OC(C)(C)C. The van der Waals surface area contributed by atoms with Crippen molar-refractivity contribution in [1.82, 2.24) is 15.5 Å². The van der Waals surface area contributed by atoms with Gasteiger partial charge in [0.25, 0.3) is 0 Å². The van der Waals surface area contributed by atoms with Gasteiger partial charge in [0.1, 0.15) is 11.2 Å². The Labute approximate surface area is 166 Å². The van der Waals surface area contributed by atoms with Crippen molar-refractivity contribution in [3.05, 3.63) is 22.4 Å². The number of ether oxygens (including phenoxy) is 1. The summed E-state index contributed by atoms with van der Waals surface area (Å²) in [5, 5.41) is 20.8. The van der Waals surface area contributed by atoms with Crippen molar-refractivity contribution in [2.45, 2.75) is 52.7 Å². The van der Waals surface area contributed by atoms with Crippen molar-refractivity contribution in [3.8, 4) is 0 Å². The number of rotatable bonds is 8. The van der Waals surface area contributed by atoms with Gasteiger partial charge in [-0.25, -0.2) is 9.79 Å². The summed E-state index contributed by atoms with van der Waals surface area (Å²) < 4.78 is 5.41. The van der Waals surface area contributed by atoms with Gasteiger partial charge in [0.2, 0.25) is 0 Å². The Hall–Kier alpha value is -1.80. The first-order chi connectivity index (χ1) is 12.6. The van der Waals surface area contributed by atoms with E-state index >= 15 is 0 Å². The zero-order valence-electron chi connectivity index (χ0n) is 17.3. The Morgan fingerprint density at radius 2 is 2.00 bits per heavy atom. The quantitative estimate of drug-likeness (QED) is 0.463. The number of carbonyl (C=O) groups is 1. The third-order valence-corrected chi connectivity index (χ3v) is 4.42. The van der Waals surface area contributed by atoms with Crippen molar-refractivity contribution < 1.29 is 14.6 Å². The summed E-state index contributed by atoms with van der Waals surface area (Å²) in [4.78, 5) is 18.3. The molecule has 1 amide bonds. The highest BCUT2D eigenvalue weighted by Crippen LogP contribution is 2.23. The van der Waals surface area contributed by atoms with Crippen LogP contribution in [0.5, 0.6) is 0 Å². The first-order valence-electron chi connectivity index (χ1n) is 9.34. The van der Waals surface area contributed by atoms with E-state index in [9.17, 15) is 9.90 Å². The number of carbonyl (C=O) groups excluding carboxylic acids is 1. The Morgan fingerprint density at radius 1 is 1.30 bits per heavy atom. The maximum absolute atomic E-state index is 12.2. The fraction of sp³-hybridized carbons (Fsp3) is 0.684. The average molecular weight is 399 g/mol. The van der Waals surface area contributed by atoms with Crippen molar-refractivity contribution in [3.63, 3.8) is 0 Å². The molecule has 0 aliphatic heterocycles. The number of hydrogen-bond acceptors (Lipinski definition) is 5. The van der Waals surface area contributed by atoms with E-state index < -0.39 is 11.2 Å². The van der Waals surface area contributed by atoms with Crippen LogP contribution in [0.15, 0.2) is 21.8 Å². The number of guanidine groups is 1. The summed E-state index contributed by atoms with van der Waals surface area (Å²) in [6.07, 6.45) is -0.325. The summed E-state index contributed by atoms with van der Waals surface area (Å²) in [5.74, 6) is 0.605. The number of likely N-dealkylation sites (N-methyl/N-ethyl adjacent to an activating group) is 1. The van der Waals surface area contributed by atoms with E-state index in [1.807, 2.05) is 51.4 Å². The minimum absolute atomic E-state index is 0.239. The standard InChI is InChI=1S/C19H34N4O3S/c1-7-20-16(22-14-19(6,25)15-9-12-27-13-15)21-10-11-23(8-2)17(24)26-18(3,4)5/h9,12-13,25H,7-8,10-11,14H2,1-6H3,(H2,20,21,22). The molecule has 0 aromatic carbocycles. The third kappa shape index (κ3) is 8.62. The van der Waals surface area contributed by atoms with Gasteiger partial charge in [-0.15, -0.1) is 0 Å². The number of hydrogen-bond donors (Lipinski definition) is 3. The molecule has 0 fully saturated rings. The van der Waals surface area contributed by atoms with Crippen LogP contribution in [0, 0.1) is 0 Å². The maximum atomic E-state index is 12.2. The molecule has 3 N–H and O–H groups in total. The van der Waals surface area contributed by atoms with Crippen LogP contribution in [-0.2, 0) is 10.3 Å². The molecule has 1 aromatic rings. The van der Waals surface area contributed by atoms with Gasteiger partial charge in [-0.3, -0.25) is 0 Å². The molecule has 0 radical (unpaired) electrons. The largest absolute Gasteiger partial charge is 0.444 e. The summed E-state index contributed by atoms with van der Waals surface area (Å²) in [6.45, 7) is 13.7. The molecule has 0 aliphatic carbocycles. The number of aliphatic imine (C=N–C) groups is 1. The summed E-state index contributed by atoms with van der Waals surface area (Å²) in [7, 11) is 0. The van der Waals surface area contributed by atoms with E-state index in [1.165, 1.54) is 0 Å². The molecule has 1 atom stereocenters. The van der Waals surface area contributed by atoms with E-state index in [1.54, 1.807) is 23.2 Å². The molecule has 1 aromatic heterocycles. The first-order valence-corrected chi connectivity index (χ1v) is 10.3. The zero-order valence-corrected chi connectivity index (χ0v) is 18.2. The van der Waals surface area contributed by atoms with E-state index in [-0.39, 0.29) is 12.6 Å². The smallest absolute Gasteiger partial charge is 0.410 e. The first kappa shape index (κ1) is 23.2.